The second-order valence-corrected chi connectivity index (χ2v) is 5.72. The number of methoxy groups -OCH3 is 1. The number of benzene rings is 3. The minimum Gasteiger partial charge on any atom is -0.493 e. The molecule has 124 valence electrons. The van der Waals surface area contributed by atoms with Gasteiger partial charge in [0.15, 0.2) is 17.3 Å². The monoisotopic (exact) mass is 332 g/mol. The Bertz CT molecular complexity index is 988. The predicted octanol–water partition coefficient (Wildman–Crippen LogP) is 4.47. The van der Waals surface area contributed by atoms with Crippen LogP contribution in [0, 0.1) is 0 Å². The Labute approximate surface area is 145 Å². The fourth-order valence-corrected chi connectivity index (χ4v) is 2.86. The fraction of sp³-hybridized carbons (Fsp3) is 0.0952. The highest BCUT2D eigenvalue weighted by Gasteiger charge is 2.19. The first-order chi connectivity index (χ1) is 12.2. The number of carbonyl (C=O) groups excluding carboxylic acids is 1. The van der Waals surface area contributed by atoms with E-state index in [2.05, 4.69) is 0 Å². The van der Waals surface area contributed by atoms with Crippen molar-refractivity contribution in [3.05, 3.63) is 71.8 Å². The van der Waals surface area contributed by atoms with Crippen LogP contribution in [0.4, 0.5) is 0 Å². The smallest absolute Gasteiger partial charge is 0.231 e. The first-order valence-corrected chi connectivity index (χ1v) is 7.93. The van der Waals surface area contributed by atoms with Gasteiger partial charge in [-0.1, -0.05) is 42.5 Å². The van der Waals surface area contributed by atoms with Gasteiger partial charge in [-0.15, -0.1) is 0 Å². The molecule has 1 aliphatic heterocycles. The van der Waals surface area contributed by atoms with Gasteiger partial charge in [-0.05, 0) is 40.6 Å². The maximum absolute atomic E-state index is 12.5. The molecule has 3 aromatic carbocycles. The number of fused-ring (bicyclic) bond motifs is 2. The molecule has 0 saturated carbocycles. The Hall–Kier alpha value is -3.27. The van der Waals surface area contributed by atoms with Crippen molar-refractivity contribution in [2.75, 3.05) is 13.9 Å². The van der Waals surface area contributed by atoms with E-state index in [0.717, 1.165) is 16.3 Å². The summed E-state index contributed by atoms with van der Waals surface area (Å²) in [6.45, 7) is 0.175. The van der Waals surface area contributed by atoms with Crippen LogP contribution in [-0.2, 0) is 0 Å². The highest BCUT2D eigenvalue weighted by atomic mass is 16.7. The Morgan fingerprint density at radius 2 is 1.88 bits per heavy atom. The van der Waals surface area contributed by atoms with Gasteiger partial charge >= 0.3 is 0 Å². The molecular formula is C21H16O4. The summed E-state index contributed by atoms with van der Waals surface area (Å²) < 4.78 is 16.1. The van der Waals surface area contributed by atoms with Gasteiger partial charge in [-0.2, -0.15) is 0 Å². The quantitative estimate of drug-likeness (QED) is 0.522. The zero-order chi connectivity index (χ0) is 17.2. The minimum absolute atomic E-state index is 0.0533. The zero-order valence-electron chi connectivity index (χ0n) is 13.7. The lowest BCUT2D eigenvalue weighted by Gasteiger charge is -2.05. The molecule has 0 aromatic heterocycles. The van der Waals surface area contributed by atoms with E-state index in [1.165, 1.54) is 0 Å². The SMILES string of the molecule is COc1cc(/C=C/C(=O)c2ccc3ccccc3c2)cc2c1OCO2. The van der Waals surface area contributed by atoms with Crippen molar-refractivity contribution < 1.29 is 19.0 Å². The van der Waals surface area contributed by atoms with Crippen molar-refractivity contribution in [3.63, 3.8) is 0 Å². The van der Waals surface area contributed by atoms with E-state index in [1.54, 1.807) is 19.3 Å². The number of ketones is 1. The van der Waals surface area contributed by atoms with Crippen molar-refractivity contribution in [1.82, 2.24) is 0 Å². The van der Waals surface area contributed by atoms with Crippen LogP contribution >= 0.6 is 0 Å². The molecule has 0 aliphatic carbocycles. The van der Waals surface area contributed by atoms with Crippen molar-refractivity contribution in [2.45, 2.75) is 0 Å². The maximum atomic E-state index is 12.5. The molecule has 25 heavy (non-hydrogen) atoms. The van der Waals surface area contributed by atoms with E-state index >= 15 is 0 Å². The summed E-state index contributed by atoms with van der Waals surface area (Å²) in [6, 6.07) is 17.3. The molecule has 0 amide bonds. The summed E-state index contributed by atoms with van der Waals surface area (Å²) in [5.41, 5.74) is 1.47. The third kappa shape index (κ3) is 2.94. The number of rotatable bonds is 4. The third-order valence-corrected chi connectivity index (χ3v) is 4.14. The standard InChI is InChI=1S/C21H16O4/c1-23-19-10-14(11-20-21(19)25-13-24-20)6-9-18(22)17-8-7-15-4-2-3-5-16(15)12-17/h2-12H,13H2,1H3/b9-6+. The lowest BCUT2D eigenvalue weighted by Crippen LogP contribution is -1.94. The molecule has 0 atom stereocenters. The van der Waals surface area contributed by atoms with Gasteiger partial charge in [-0.3, -0.25) is 4.79 Å². The van der Waals surface area contributed by atoms with Crippen LogP contribution in [0.5, 0.6) is 17.2 Å². The highest BCUT2D eigenvalue weighted by molar-refractivity contribution is 6.08. The summed E-state index contributed by atoms with van der Waals surface area (Å²) >= 11 is 0. The van der Waals surface area contributed by atoms with Crippen LogP contribution in [0.15, 0.2) is 60.7 Å². The number of hydrogen-bond donors (Lipinski definition) is 0. The van der Waals surface area contributed by atoms with E-state index in [-0.39, 0.29) is 12.6 Å². The van der Waals surface area contributed by atoms with Crippen molar-refractivity contribution >= 4 is 22.6 Å². The summed E-state index contributed by atoms with van der Waals surface area (Å²) in [5.74, 6) is 1.76. The Kier molecular flexibility index (Phi) is 3.86. The molecule has 0 saturated heterocycles. The highest BCUT2D eigenvalue weighted by Crippen LogP contribution is 2.42. The molecule has 4 rings (SSSR count). The molecule has 4 nitrogen and oxygen atoms in total. The molecule has 0 bridgehead atoms. The normalized spacial score (nSPS) is 12.7. The first kappa shape index (κ1) is 15.3. The number of hydrogen-bond acceptors (Lipinski definition) is 4. The molecule has 0 spiro atoms. The van der Waals surface area contributed by atoms with Gasteiger partial charge in [0.1, 0.15) is 0 Å². The third-order valence-electron chi connectivity index (χ3n) is 4.14. The maximum Gasteiger partial charge on any atom is 0.231 e. The van der Waals surface area contributed by atoms with Gasteiger partial charge in [0.2, 0.25) is 12.5 Å². The molecule has 1 heterocycles. The van der Waals surface area contributed by atoms with Crippen LogP contribution in [0.1, 0.15) is 15.9 Å². The first-order valence-electron chi connectivity index (χ1n) is 7.93. The number of carbonyl (C=O) groups is 1. The van der Waals surface area contributed by atoms with Crippen molar-refractivity contribution in [3.8, 4) is 17.2 Å². The lowest BCUT2D eigenvalue weighted by molar-refractivity contribution is 0.104. The Morgan fingerprint density at radius 1 is 1.04 bits per heavy atom. The summed E-state index contributed by atoms with van der Waals surface area (Å²) in [5, 5.41) is 2.16. The van der Waals surface area contributed by atoms with Crippen molar-refractivity contribution in [2.24, 2.45) is 0 Å². The Balaban J connectivity index is 1.61. The second-order valence-electron chi connectivity index (χ2n) is 5.72. The zero-order valence-corrected chi connectivity index (χ0v) is 13.7. The topological polar surface area (TPSA) is 44.8 Å². The summed E-state index contributed by atoms with van der Waals surface area (Å²) in [6.07, 6.45) is 3.31. The van der Waals surface area contributed by atoms with Gasteiger partial charge in [-0.25, -0.2) is 0 Å². The second kappa shape index (κ2) is 6.32. The number of ether oxygens (including phenoxy) is 3. The van der Waals surface area contributed by atoms with E-state index in [9.17, 15) is 4.79 Å². The van der Waals surface area contributed by atoms with Gasteiger partial charge < -0.3 is 14.2 Å². The average Bonchev–Trinajstić information content (AvgIpc) is 3.13. The van der Waals surface area contributed by atoms with E-state index in [4.69, 9.17) is 14.2 Å². The van der Waals surface area contributed by atoms with E-state index in [0.29, 0.717) is 22.8 Å². The van der Waals surface area contributed by atoms with Crippen LogP contribution in [0.2, 0.25) is 0 Å². The van der Waals surface area contributed by atoms with Crippen LogP contribution in [0.25, 0.3) is 16.8 Å². The van der Waals surface area contributed by atoms with Gasteiger partial charge in [0.05, 0.1) is 7.11 Å². The minimum atomic E-state index is -0.0533. The van der Waals surface area contributed by atoms with Crippen LogP contribution < -0.4 is 14.2 Å². The summed E-state index contributed by atoms with van der Waals surface area (Å²) in [7, 11) is 1.57. The van der Waals surface area contributed by atoms with Crippen molar-refractivity contribution in [1.29, 1.82) is 0 Å². The lowest BCUT2D eigenvalue weighted by atomic mass is 10.0. The molecule has 0 N–H and O–H groups in total. The fourth-order valence-electron chi connectivity index (χ4n) is 2.86. The molecule has 0 radical (unpaired) electrons. The van der Waals surface area contributed by atoms with Crippen LogP contribution in [-0.4, -0.2) is 19.7 Å². The van der Waals surface area contributed by atoms with Crippen LogP contribution in [0.3, 0.4) is 0 Å². The van der Waals surface area contributed by atoms with Gasteiger partial charge in [0, 0.05) is 5.56 Å². The molecule has 0 fully saturated rings. The predicted molar refractivity (Wildman–Crippen MR) is 96.4 cm³/mol. The average molecular weight is 332 g/mol. The molecule has 3 aromatic rings. The number of allylic oxidation sites excluding steroid dienone is 1. The molecule has 4 heteroatoms. The Morgan fingerprint density at radius 3 is 2.72 bits per heavy atom. The van der Waals surface area contributed by atoms with E-state index in [1.807, 2.05) is 54.6 Å². The van der Waals surface area contributed by atoms with Gasteiger partial charge in [0.25, 0.3) is 0 Å². The molecular weight excluding hydrogens is 316 g/mol. The largest absolute Gasteiger partial charge is 0.493 e. The molecule has 1 aliphatic rings. The molecule has 0 unspecified atom stereocenters. The van der Waals surface area contributed by atoms with E-state index < -0.39 is 0 Å². The summed E-state index contributed by atoms with van der Waals surface area (Å²) in [4.78, 5) is 12.5.